The predicted molar refractivity (Wildman–Crippen MR) is 115 cm³/mol. The van der Waals surface area contributed by atoms with Gasteiger partial charge in [-0.1, -0.05) is 49.0 Å². The van der Waals surface area contributed by atoms with Crippen molar-refractivity contribution in [1.82, 2.24) is 20.1 Å². The van der Waals surface area contributed by atoms with Gasteiger partial charge in [0.25, 0.3) is 5.69 Å². The highest BCUT2D eigenvalue weighted by atomic mass is 32.2. The number of thioether (sulfide) groups is 1. The highest BCUT2D eigenvalue weighted by Crippen LogP contribution is 2.28. The van der Waals surface area contributed by atoms with E-state index < -0.39 is 4.92 Å². The molecule has 0 bridgehead atoms. The third-order valence-electron chi connectivity index (χ3n) is 4.43. The number of benzene rings is 2. The number of nitro groups is 1. The van der Waals surface area contributed by atoms with Crippen LogP contribution >= 0.6 is 11.8 Å². The van der Waals surface area contributed by atoms with E-state index in [1.165, 1.54) is 23.9 Å². The van der Waals surface area contributed by atoms with Crippen molar-refractivity contribution in [1.29, 1.82) is 0 Å². The summed E-state index contributed by atoms with van der Waals surface area (Å²) in [6.45, 7) is 3.80. The first kappa shape index (κ1) is 21.5. The summed E-state index contributed by atoms with van der Waals surface area (Å²) in [4.78, 5) is 22.6. The molecule has 0 saturated carbocycles. The number of carbonyl (C=O) groups is 1. The number of nitrogens with zero attached hydrogens (tertiary/aromatic N) is 4. The molecular weight excluding hydrogens is 402 g/mol. The van der Waals surface area contributed by atoms with E-state index in [4.69, 9.17) is 0 Å². The maximum Gasteiger partial charge on any atom is 0.269 e. The van der Waals surface area contributed by atoms with Gasteiger partial charge in [0.2, 0.25) is 5.91 Å². The van der Waals surface area contributed by atoms with Crippen LogP contribution in [0.5, 0.6) is 0 Å². The molecule has 0 saturated heterocycles. The second-order valence-electron chi connectivity index (χ2n) is 6.76. The number of hydrogen-bond donors (Lipinski definition) is 1. The number of hydrogen-bond acceptors (Lipinski definition) is 6. The van der Waals surface area contributed by atoms with Crippen LogP contribution in [-0.4, -0.2) is 25.6 Å². The van der Waals surface area contributed by atoms with Crippen molar-refractivity contribution in [2.45, 2.75) is 43.6 Å². The van der Waals surface area contributed by atoms with Gasteiger partial charge < -0.3 is 5.32 Å². The van der Waals surface area contributed by atoms with Gasteiger partial charge in [-0.05, 0) is 31.0 Å². The van der Waals surface area contributed by atoms with Crippen LogP contribution in [0, 0.1) is 10.1 Å². The number of rotatable bonds is 9. The fourth-order valence-electron chi connectivity index (χ4n) is 2.95. The Morgan fingerprint density at radius 1 is 1.17 bits per heavy atom. The van der Waals surface area contributed by atoms with Crippen LogP contribution in [0.3, 0.4) is 0 Å². The smallest absolute Gasteiger partial charge is 0.269 e. The van der Waals surface area contributed by atoms with Crippen LogP contribution in [0.1, 0.15) is 44.1 Å². The molecule has 0 aliphatic rings. The van der Waals surface area contributed by atoms with Crippen molar-refractivity contribution >= 4 is 23.4 Å². The maximum atomic E-state index is 12.1. The minimum absolute atomic E-state index is 0.0103. The summed E-state index contributed by atoms with van der Waals surface area (Å²) in [7, 11) is 0. The van der Waals surface area contributed by atoms with Crippen LogP contribution in [0.4, 0.5) is 5.69 Å². The lowest BCUT2D eigenvalue weighted by atomic mass is 10.2. The van der Waals surface area contributed by atoms with Gasteiger partial charge in [0.05, 0.1) is 11.0 Å². The lowest BCUT2D eigenvalue weighted by molar-refractivity contribution is -0.384. The summed E-state index contributed by atoms with van der Waals surface area (Å²) in [5, 5.41) is 23.3. The molecule has 0 radical (unpaired) electrons. The van der Waals surface area contributed by atoms with E-state index in [0.29, 0.717) is 28.8 Å². The average molecular weight is 426 g/mol. The first-order valence-corrected chi connectivity index (χ1v) is 10.6. The van der Waals surface area contributed by atoms with Crippen molar-refractivity contribution in [3.8, 4) is 5.69 Å². The van der Waals surface area contributed by atoms with Crippen molar-refractivity contribution in [2.75, 3.05) is 0 Å². The minimum atomic E-state index is -0.435. The molecule has 9 heteroatoms. The zero-order valence-electron chi connectivity index (χ0n) is 16.8. The van der Waals surface area contributed by atoms with Gasteiger partial charge in [-0.3, -0.25) is 19.5 Å². The lowest BCUT2D eigenvalue weighted by Crippen LogP contribution is -2.28. The Balaban J connectivity index is 1.92. The van der Waals surface area contributed by atoms with E-state index in [1.54, 1.807) is 12.1 Å². The monoisotopic (exact) mass is 425 g/mol. The summed E-state index contributed by atoms with van der Waals surface area (Å²) in [5.74, 6) is 1.22. The molecule has 1 amide bonds. The topological polar surface area (TPSA) is 103 Å². The Kier molecular flexibility index (Phi) is 7.18. The molecule has 1 aromatic heterocycles. The minimum Gasteiger partial charge on any atom is -0.346 e. The number of aromatic nitrogens is 3. The van der Waals surface area contributed by atoms with Crippen LogP contribution < -0.4 is 5.32 Å². The average Bonchev–Trinajstić information content (AvgIpc) is 3.17. The molecule has 0 aliphatic carbocycles. The van der Waals surface area contributed by atoms with Crippen molar-refractivity contribution in [2.24, 2.45) is 0 Å². The van der Waals surface area contributed by atoms with Gasteiger partial charge in [0, 0.05) is 30.0 Å². The van der Waals surface area contributed by atoms with E-state index in [1.807, 2.05) is 48.7 Å². The van der Waals surface area contributed by atoms with Gasteiger partial charge in [0.15, 0.2) is 11.0 Å². The van der Waals surface area contributed by atoms with E-state index in [-0.39, 0.29) is 17.6 Å². The van der Waals surface area contributed by atoms with Gasteiger partial charge in [-0.25, -0.2) is 0 Å². The fourth-order valence-corrected chi connectivity index (χ4v) is 3.86. The summed E-state index contributed by atoms with van der Waals surface area (Å²) in [5.41, 5.74) is 1.86. The molecule has 1 heterocycles. The highest BCUT2D eigenvalue weighted by Gasteiger charge is 2.21. The van der Waals surface area contributed by atoms with Gasteiger partial charge >= 0.3 is 0 Å². The van der Waals surface area contributed by atoms with Gasteiger partial charge in [-0.2, -0.15) is 0 Å². The third-order valence-corrected chi connectivity index (χ3v) is 5.43. The van der Waals surface area contributed by atoms with Crippen LogP contribution in [0.15, 0.2) is 59.8 Å². The molecule has 2 aromatic carbocycles. The lowest BCUT2D eigenvalue weighted by Gasteiger charge is -2.16. The number of carbonyl (C=O) groups excluding carboxylic acids is 1. The highest BCUT2D eigenvalue weighted by molar-refractivity contribution is 7.98. The van der Waals surface area contributed by atoms with Crippen LogP contribution in [0.25, 0.3) is 5.69 Å². The molecule has 30 heavy (non-hydrogen) atoms. The van der Waals surface area contributed by atoms with Crippen LogP contribution in [0.2, 0.25) is 0 Å². The van der Waals surface area contributed by atoms with Crippen LogP contribution in [-0.2, 0) is 10.5 Å². The largest absolute Gasteiger partial charge is 0.346 e. The molecule has 3 aromatic rings. The van der Waals surface area contributed by atoms with E-state index in [9.17, 15) is 14.9 Å². The first-order chi connectivity index (χ1) is 14.5. The maximum absolute atomic E-state index is 12.1. The summed E-state index contributed by atoms with van der Waals surface area (Å²) in [6.07, 6.45) is 1.19. The molecule has 1 N–H and O–H groups in total. The molecule has 156 valence electrons. The second-order valence-corrected chi connectivity index (χ2v) is 7.71. The number of nitro benzene ring substituents is 1. The standard InChI is InChI=1S/C21H23N5O3S/c1-3-7-19(27)22-15(2)20-23-24-21(30-14-16-8-5-4-6-9-16)25(20)17-10-12-18(13-11-17)26(28)29/h4-6,8-13,15H,3,7,14H2,1-2H3,(H,22,27). The van der Waals surface area contributed by atoms with E-state index in [0.717, 1.165) is 12.0 Å². The Hall–Kier alpha value is -3.20. The molecule has 0 aliphatic heterocycles. The molecule has 3 rings (SSSR count). The Morgan fingerprint density at radius 2 is 1.87 bits per heavy atom. The third kappa shape index (κ3) is 5.24. The van der Waals surface area contributed by atoms with Gasteiger partial charge in [0.1, 0.15) is 0 Å². The number of nitrogens with one attached hydrogen (secondary N) is 1. The quantitative estimate of drug-likeness (QED) is 0.309. The van der Waals surface area contributed by atoms with Crippen molar-refractivity contribution in [3.63, 3.8) is 0 Å². The molecule has 1 atom stereocenters. The second kappa shape index (κ2) is 10.0. The first-order valence-electron chi connectivity index (χ1n) is 9.65. The van der Waals surface area contributed by atoms with Crippen molar-refractivity contribution < 1.29 is 9.72 Å². The van der Waals surface area contributed by atoms with Crippen molar-refractivity contribution in [3.05, 3.63) is 76.1 Å². The Labute approximate surface area is 178 Å². The normalized spacial score (nSPS) is 11.8. The van der Waals surface area contributed by atoms with E-state index >= 15 is 0 Å². The Bertz CT molecular complexity index is 1010. The van der Waals surface area contributed by atoms with Gasteiger partial charge in [-0.15, -0.1) is 10.2 Å². The summed E-state index contributed by atoms with van der Waals surface area (Å²) >= 11 is 1.52. The number of amides is 1. The molecule has 8 nitrogen and oxygen atoms in total. The SMILES string of the molecule is CCCC(=O)NC(C)c1nnc(SCc2ccccc2)n1-c1ccc([N+](=O)[O-])cc1. The number of non-ortho nitro benzene ring substituents is 1. The van der Waals surface area contributed by atoms with E-state index in [2.05, 4.69) is 15.5 Å². The fraction of sp³-hybridized carbons (Fsp3) is 0.286. The predicted octanol–water partition coefficient (Wildman–Crippen LogP) is 4.45. The molecular formula is C21H23N5O3S. The molecule has 0 spiro atoms. The summed E-state index contributed by atoms with van der Waals surface area (Å²) in [6, 6.07) is 15.9. The summed E-state index contributed by atoms with van der Waals surface area (Å²) < 4.78 is 1.84. The molecule has 1 unspecified atom stereocenters. The Morgan fingerprint density at radius 3 is 2.50 bits per heavy atom. The zero-order valence-corrected chi connectivity index (χ0v) is 17.6. The molecule has 0 fully saturated rings. The zero-order chi connectivity index (χ0) is 21.5.